The van der Waals surface area contributed by atoms with Crippen molar-refractivity contribution >= 4 is 5.71 Å². The summed E-state index contributed by atoms with van der Waals surface area (Å²) in [7, 11) is 0. The molecule has 128 valence electrons. The van der Waals surface area contributed by atoms with Crippen LogP contribution in [0, 0.1) is 68.9 Å². The van der Waals surface area contributed by atoms with Crippen LogP contribution in [0.4, 0.5) is 0 Å². The van der Waals surface area contributed by atoms with E-state index in [4.69, 9.17) is 4.99 Å². The number of aryl methyl sites for hydroxylation is 2. The van der Waals surface area contributed by atoms with E-state index in [1.165, 1.54) is 30.9 Å². The number of aromatic nitrogens is 1. The molecule has 0 aliphatic heterocycles. The molecule has 1 aliphatic rings. The number of hydrogen-bond donors (Lipinski definition) is 0. The van der Waals surface area contributed by atoms with Crippen molar-refractivity contribution in [1.29, 1.82) is 0 Å². The number of benzene rings is 1. The smallest absolute Gasteiger partial charge is 0.397 e. The normalized spacial score (nSPS) is 21.0. The Balaban J connectivity index is 0.00000225. The molecular weight excluding hydrogens is 530 g/mol. The minimum absolute atomic E-state index is 0. The summed E-state index contributed by atoms with van der Waals surface area (Å²) in [6, 6.07) is 15.0. The van der Waals surface area contributed by atoms with Crippen molar-refractivity contribution in [2.75, 3.05) is 0 Å². The minimum Gasteiger partial charge on any atom is -0.397 e. The molecule has 25 heavy (non-hydrogen) atoms. The van der Waals surface area contributed by atoms with Crippen LogP contribution in [-0.2, 0) is 0 Å². The molecule has 1 aliphatic carbocycles. The average molecular weight is 556 g/mol. The second-order valence-electron chi connectivity index (χ2n) is 7.02. The first-order valence-electron chi connectivity index (χ1n) is 8.92. The maximum Gasteiger partial charge on any atom is 2.00 e. The molecule has 3 rings (SSSR count). The van der Waals surface area contributed by atoms with Crippen molar-refractivity contribution in [2.45, 2.75) is 47.0 Å². The molecule has 2 aromatic rings. The van der Waals surface area contributed by atoms with Gasteiger partial charge in [0.25, 0.3) is 0 Å². The first-order chi connectivity index (χ1) is 11.6. The Hall–Kier alpha value is -1.04. The Bertz CT molecular complexity index is 714. The van der Waals surface area contributed by atoms with E-state index in [0.29, 0.717) is 11.8 Å². The third-order valence-electron chi connectivity index (χ3n) is 5.10. The van der Waals surface area contributed by atoms with Crippen LogP contribution in [0.2, 0.25) is 0 Å². The van der Waals surface area contributed by atoms with Crippen LogP contribution in [0.15, 0.2) is 41.5 Å². The number of pyridine rings is 1. The molecule has 0 amide bonds. The average Bonchev–Trinajstić information content (AvgIpc) is 2.58. The topological polar surface area (TPSA) is 25.2 Å². The predicted molar refractivity (Wildman–Crippen MR) is 100 cm³/mol. The summed E-state index contributed by atoms with van der Waals surface area (Å²) in [6.07, 6.45) is 5.72. The van der Waals surface area contributed by atoms with Crippen LogP contribution in [0.5, 0.6) is 0 Å². The first kappa shape index (κ1) is 20.3. The second kappa shape index (κ2) is 9.06. The first-order valence-corrected chi connectivity index (χ1v) is 8.92. The van der Waals surface area contributed by atoms with E-state index >= 15 is 0 Å². The zero-order valence-electron chi connectivity index (χ0n) is 15.6. The Morgan fingerprint density at radius 3 is 2.52 bits per heavy atom. The van der Waals surface area contributed by atoms with Crippen molar-refractivity contribution < 1.29 is 31.1 Å². The van der Waals surface area contributed by atoms with Gasteiger partial charge in [0.15, 0.2) is 0 Å². The largest absolute Gasteiger partial charge is 2.00 e. The van der Waals surface area contributed by atoms with E-state index in [0.717, 1.165) is 22.5 Å². The third kappa shape index (κ3) is 4.78. The minimum atomic E-state index is 0. The van der Waals surface area contributed by atoms with Gasteiger partial charge in [-0.15, -0.1) is 41.9 Å². The zero-order valence-corrected chi connectivity index (χ0v) is 19.8. The number of rotatable bonds is 3. The van der Waals surface area contributed by atoms with E-state index in [1.807, 2.05) is 31.3 Å². The van der Waals surface area contributed by atoms with Crippen molar-refractivity contribution in [1.82, 2.24) is 4.98 Å². The molecule has 0 saturated heterocycles. The summed E-state index contributed by atoms with van der Waals surface area (Å²) in [5.41, 5.74) is 5.40. The van der Waals surface area contributed by atoms with Gasteiger partial charge in [0, 0.05) is 11.9 Å². The molecule has 1 heterocycles. The molecule has 2 atom stereocenters. The summed E-state index contributed by atoms with van der Waals surface area (Å²) in [6.45, 7) is 8.76. The van der Waals surface area contributed by atoms with Gasteiger partial charge in [-0.2, -0.15) is 0 Å². The fourth-order valence-electron chi connectivity index (χ4n) is 3.45. The molecule has 1 aromatic heterocycles. The maximum absolute atomic E-state index is 5.17. The standard InChI is InChI=1S/C22H26N2.U/c1-15-9-8-10-16(2)21(15)24-22(19-11-6-5-7-12-19)20-13-17(3)18(4)23-14-20;/h5-7,11,13-16H,8-10H2,1-4H3;/q-2;+2. The molecule has 0 radical (unpaired) electrons. The van der Waals surface area contributed by atoms with Crippen LogP contribution in [0.3, 0.4) is 0 Å². The Morgan fingerprint density at radius 2 is 1.92 bits per heavy atom. The van der Waals surface area contributed by atoms with E-state index in [-0.39, 0.29) is 31.1 Å². The summed E-state index contributed by atoms with van der Waals surface area (Å²) in [5.74, 6) is 1.10. The van der Waals surface area contributed by atoms with Crippen LogP contribution in [0.25, 0.3) is 0 Å². The SMILES string of the molecule is Cc1cc(C(=N[C-]2C(C)CCCC2C)c2[c-]cccc2)cnc1C.[U+2]. The summed E-state index contributed by atoms with van der Waals surface area (Å²) in [5, 5.41) is 0. The summed E-state index contributed by atoms with van der Waals surface area (Å²) in [4.78, 5) is 9.72. The van der Waals surface area contributed by atoms with Gasteiger partial charge < -0.3 is 4.99 Å². The molecule has 0 N–H and O–H groups in total. The van der Waals surface area contributed by atoms with Gasteiger partial charge in [-0.05, 0) is 30.7 Å². The van der Waals surface area contributed by atoms with Gasteiger partial charge in [-0.25, -0.2) is 0 Å². The van der Waals surface area contributed by atoms with E-state index in [9.17, 15) is 0 Å². The van der Waals surface area contributed by atoms with Gasteiger partial charge in [0.1, 0.15) is 0 Å². The monoisotopic (exact) mass is 556 g/mol. The molecule has 2 unspecified atom stereocenters. The number of aliphatic imine (C=N–C) groups is 1. The van der Waals surface area contributed by atoms with E-state index < -0.39 is 0 Å². The molecule has 3 heteroatoms. The van der Waals surface area contributed by atoms with Gasteiger partial charge in [-0.3, -0.25) is 4.98 Å². The third-order valence-corrected chi connectivity index (χ3v) is 5.10. The predicted octanol–water partition coefficient (Wildman–Crippen LogP) is 5.32. The fraction of sp³-hybridized carbons (Fsp3) is 0.409. The second-order valence-corrected chi connectivity index (χ2v) is 7.02. The van der Waals surface area contributed by atoms with Crippen LogP contribution >= 0.6 is 0 Å². The molecule has 1 saturated carbocycles. The molecular formula is C22H26N2U. The van der Waals surface area contributed by atoms with Crippen molar-refractivity contribution in [3.8, 4) is 0 Å². The van der Waals surface area contributed by atoms with Crippen molar-refractivity contribution in [3.05, 3.63) is 71.0 Å². The van der Waals surface area contributed by atoms with Crippen molar-refractivity contribution in [3.63, 3.8) is 0 Å². The van der Waals surface area contributed by atoms with Crippen LogP contribution in [0.1, 0.15) is 55.5 Å². The zero-order chi connectivity index (χ0) is 17.1. The van der Waals surface area contributed by atoms with Gasteiger partial charge in [-0.1, -0.05) is 51.0 Å². The quantitative estimate of drug-likeness (QED) is 0.371. The molecule has 1 fully saturated rings. The number of hydrogen-bond acceptors (Lipinski definition) is 2. The van der Waals surface area contributed by atoms with Crippen molar-refractivity contribution in [2.24, 2.45) is 16.8 Å². The van der Waals surface area contributed by atoms with Crippen LogP contribution < -0.4 is 0 Å². The summed E-state index contributed by atoms with van der Waals surface area (Å²) >= 11 is 0. The van der Waals surface area contributed by atoms with E-state index in [1.54, 1.807) is 0 Å². The molecule has 1 aromatic carbocycles. The molecule has 2 nitrogen and oxygen atoms in total. The number of nitrogens with zero attached hydrogens (tertiary/aromatic N) is 2. The fourth-order valence-corrected chi connectivity index (χ4v) is 3.45. The molecule has 0 bridgehead atoms. The Morgan fingerprint density at radius 1 is 1.20 bits per heavy atom. The van der Waals surface area contributed by atoms with Crippen LogP contribution in [-0.4, -0.2) is 10.7 Å². The maximum atomic E-state index is 5.17. The van der Waals surface area contributed by atoms with Gasteiger partial charge >= 0.3 is 31.1 Å². The summed E-state index contributed by atoms with van der Waals surface area (Å²) < 4.78 is 0. The Kier molecular flexibility index (Phi) is 7.35. The molecule has 0 spiro atoms. The Labute approximate surface area is 175 Å². The van der Waals surface area contributed by atoms with E-state index in [2.05, 4.69) is 44.0 Å². The van der Waals surface area contributed by atoms with Gasteiger partial charge in [0.05, 0.1) is 0 Å². The van der Waals surface area contributed by atoms with Gasteiger partial charge in [0.2, 0.25) is 0 Å².